The molecule has 0 radical (unpaired) electrons. The normalized spacial score (nSPS) is 15.5. The number of Topliss-reactive ketones (excluding diaryl/α,β-unsaturated/α-hetero) is 1. The highest BCUT2D eigenvalue weighted by molar-refractivity contribution is 5.83. The van der Waals surface area contributed by atoms with E-state index in [2.05, 4.69) is 15.1 Å². The summed E-state index contributed by atoms with van der Waals surface area (Å²) < 4.78 is 6.81. The van der Waals surface area contributed by atoms with Crippen LogP contribution >= 0.6 is 0 Å². The minimum atomic E-state index is -0.542. The van der Waals surface area contributed by atoms with Crippen LogP contribution in [0, 0.1) is 5.92 Å². The second-order valence-electron chi connectivity index (χ2n) is 7.90. The van der Waals surface area contributed by atoms with Crippen LogP contribution in [-0.2, 0) is 16.0 Å². The fourth-order valence-electron chi connectivity index (χ4n) is 3.09. The molecule has 28 heavy (non-hydrogen) atoms. The zero-order valence-electron chi connectivity index (χ0n) is 16.3. The molecule has 1 saturated heterocycles. The summed E-state index contributed by atoms with van der Waals surface area (Å²) in [7, 11) is 0. The number of ether oxygens (including phenoxy) is 1. The number of hydrogen-bond acceptors (Lipinski definition) is 6. The van der Waals surface area contributed by atoms with Crippen LogP contribution in [0.5, 0.6) is 0 Å². The molecule has 9 heteroatoms. The average Bonchev–Trinajstić information content (AvgIpc) is 3.17. The topological polar surface area (TPSA) is 110 Å². The highest BCUT2D eigenvalue weighted by Crippen LogP contribution is 2.21. The van der Waals surface area contributed by atoms with Crippen LogP contribution in [0.15, 0.2) is 29.5 Å². The molecule has 1 amide bonds. The fourth-order valence-corrected chi connectivity index (χ4v) is 3.09. The van der Waals surface area contributed by atoms with Gasteiger partial charge in [0.2, 0.25) is 5.95 Å². The van der Waals surface area contributed by atoms with Gasteiger partial charge < -0.3 is 9.64 Å². The maximum atomic E-state index is 12.6. The van der Waals surface area contributed by atoms with Gasteiger partial charge in [0.25, 0.3) is 5.56 Å². The number of ketones is 1. The number of carbonyl (C=O) groups excluding carboxylic acids is 2. The molecule has 0 atom stereocenters. The molecule has 0 spiro atoms. The van der Waals surface area contributed by atoms with Gasteiger partial charge in [-0.2, -0.15) is 5.10 Å². The predicted molar refractivity (Wildman–Crippen MR) is 101 cm³/mol. The second kappa shape index (κ2) is 7.95. The molecular formula is C19H25N5O4. The zero-order chi connectivity index (χ0) is 20.3. The van der Waals surface area contributed by atoms with E-state index in [9.17, 15) is 14.4 Å². The number of aromatic nitrogens is 4. The Kier molecular flexibility index (Phi) is 5.62. The highest BCUT2D eigenvalue weighted by Gasteiger charge is 2.30. The Morgan fingerprint density at radius 3 is 2.57 bits per heavy atom. The molecule has 1 aliphatic heterocycles. The second-order valence-corrected chi connectivity index (χ2v) is 7.90. The van der Waals surface area contributed by atoms with Crippen molar-refractivity contribution in [3.63, 3.8) is 0 Å². The smallest absolute Gasteiger partial charge is 0.410 e. The molecule has 1 aliphatic rings. The molecule has 1 N–H and O–H groups in total. The lowest BCUT2D eigenvalue weighted by atomic mass is 9.90. The lowest BCUT2D eigenvalue weighted by molar-refractivity contribution is -0.123. The lowest BCUT2D eigenvalue weighted by Crippen LogP contribution is -2.43. The fraction of sp³-hybridized carbons (Fsp3) is 0.526. The Bertz CT molecular complexity index is 890. The number of H-pyrrole nitrogens is 1. The van der Waals surface area contributed by atoms with Crippen LogP contribution < -0.4 is 5.56 Å². The van der Waals surface area contributed by atoms with Gasteiger partial charge in [0.05, 0.1) is 0 Å². The molecule has 0 saturated carbocycles. The summed E-state index contributed by atoms with van der Waals surface area (Å²) in [6.45, 7) is 6.41. The van der Waals surface area contributed by atoms with Crippen LogP contribution in [0.2, 0.25) is 0 Å². The Labute approximate surface area is 162 Å². The van der Waals surface area contributed by atoms with E-state index in [1.165, 1.54) is 10.9 Å². The Morgan fingerprint density at radius 2 is 2.00 bits per heavy atom. The molecule has 1 fully saturated rings. The molecule has 0 unspecified atom stereocenters. The van der Waals surface area contributed by atoms with Gasteiger partial charge in [-0.1, -0.05) is 0 Å². The van der Waals surface area contributed by atoms with E-state index >= 15 is 0 Å². The molecule has 150 valence electrons. The summed E-state index contributed by atoms with van der Waals surface area (Å²) in [6.07, 6.45) is 5.47. The third-order valence-corrected chi connectivity index (χ3v) is 4.55. The van der Waals surface area contributed by atoms with Crippen LogP contribution in [-0.4, -0.2) is 55.2 Å². The van der Waals surface area contributed by atoms with Crippen molar-refractivity contribution in [2.24, 2.45) is 5.92 Å². The minimum Gasteiger partial charge on any atom is -0.444 e. The first kappa shape index (κ1) is 19.8. The standard InChI is InChI=1S/C19H25N5O4/c1-19(2,3)28-18(27)23-9-5-13(6-10-23)15(25)11-14-12-20-17(22-16(14)26)24-8-4-7-21-24/h4,7-8,12-13H,5-6,9-11H2,1-3H3,(H,20,22,26). The van der Waals surface area contributed by atoms with Crippen LogP contribution in [0.1, 0.15) is 39.2 Å². The maximum absolute atomic E-state index is 12.6. The first-order chi connectivity index (χ1) is 13.2. The Morgan fingerprint density at radius 1 is 1.29 bits per heavy atom. The number of hydrogen-bond donors (Lipinski definition) is 1. The van der Waals surface area contributed by atoms with Crippen molar-refractivity contribution in [3.05, 3.63) is 40.6 Å². The summed E-state index contributed by atoms with van der Waals surface area (Å²) >= 11 is 0. The summed E-state index contributed by atoms with van der Waals surface area (Å²) in [6, 6.07) is 1.72. The third kappa shape index (κ3) is 4.85. The van der Waals surface area contributed by atoms with E-state index in [4.69, 9.17) is 4.74 Å². The van der Waals surface area contributed by atoms with Crippen molar-refractivity contribution in [2.75, 3.05) is 13.1 Å². The van der Waals surface area contributed by atoms with Crippen molar-refractivity contribution < 1.29 is 14.3 Å². The molecule has 2 aromatic heterocycles. The molecule has 2 aromatic rings. The monoisotopic (exact) mass is 387 g/mol. The van der Waals surface area contributed by atoms with Crippen LogP contribution in [0.4, 0.5) is 4.79 Å². The van der Waals surface area contributed by atoms with E-state index in [1.54, 1.807) is 23.4 Å². The highest BCUT2D eigenvalue weighted by atomic mass is 16.6. The third-order valence-electron chi connectivity index (χ3n) is 4.55. The van der Waals surface area contributed by atoms with Gasteiger partial charge in [0, 0.05) is 49.6 Å². The van der Waals surface area contributed by atoms with Crippen molar-refractivity contribution in [1.29, 1.82) is 0 Å². The first-order valence-corrected chi connectivity index (χ1v) is 9.32. The molecule has 0 aromatic carbocycles. The van der Waals surface area contributed by atoms with Gasteiger partial charge in [0.1, 0.15) is 11.4 Å². The summed E-state index contributed by atoms with van der Waals surface area (Å²) in [5.41, 5.74) is -0.560. The largest absolute Gasteiger partial charge is 0.444 e. The van der Waals surface area contributed by atoms with E-state index in [0.717, 1.165) is 0 Å². The SMILES string of the molecule is CC(C)(C)OC(=O)N1CCC(C(=O)Cc2cnc(-n3cccn3)[nH]c2=O)CC1. The minimum absolute atomic E-state index is 0.0111. The number of aromatic amines is 1. The van der Waals surface area contributed by atoms with Crippen molar-refractivity contribution in [3.8, 4) is 5.95 Å². The van der Waals surface area contributed by atoms with E-state index < -0.39 is 5.60 Å². The van der Waals surface area contributed by atoms with E-state index in [0.29, 0.717) is 37.4 Å². The predicted octanol–water partition coefficient (Wildman–Crippen LogP) is 1.71. The summed E-state index contributed by atoms with van der Waals surface area (Å²) in [4.78, 5) is 45.4. The quantitative estimate of drug-likeness (QED) is 0.855. The maximum Gasteiger partial charge on any atom is 0.410 e. The number of piperidine rings is 1. The molecule has 3 heterocycles. The van der Waals surface area contributed by atoms with Gasteiger partial charge in [-0.05, 0) is 39.7 Å². The van der Waals surface area contributed by atoms with Gasteiger partial charge in [0.15, 0.2) is 0 Å². The van der Waals surface area contributed by atoms with Gasteiger partial charge in [-0.15, -0.1) is 0 Å². The number of amides is 1. The molecule has 3 rings (SSSR count). The number of rotatable bonds is 4. The Balaban J connectivity index is 1.56. The van der Waals surface area contributed by atoms with E-state index in [1.807, 2.05) is 20.8 Å². The Hall–Kier alpha value is -2.97. The number of nitrogens with zero attached hydrogens (tertiary/aromatic N) is 4. The molecular weight excluding hydrogens is 362 g/mol. The first-order valence-electron chi connectivity index (χ1n) is 9.32. The zero-order valence-corrected chi connectivity index (χ0v) is 16.3. The molecule has 9 nitrogen and oxygen atoms in total. The van der Waals surface area contributed by atoms with E-state index in [-0.39, 0.29) is 29.8 Å². The number of likely N-dealkylation sites (tertiary alicyclic amines) is 1. The van der Waals surface area contributed by atoms with Gasteiger partial charge in [-0.3, -0.25) is 14.6 Å². The van der Waals surface area contributed by atoms with Crippen LogP contribution in [0.3, 0.4) is 0 Å². The lowest BCUT2D eigenvalue weighted by Gasteiger charge is -2.32. The summed E-state index contributed by atoms with van der Waals surface area (Å²) in [5.74, 6) is 0.115. The number of carbonyl (C=O) groups is 2. The van der Waals surface area contributed by atoms with Crippen molar-refractivity contribution in [1.82, 2.24) is 24.6 Å². The van der Waals surface area contributed by atoms with Gasteiger partial charge in [-0.25, -0.2) is 14.5 Å². The average molecular weight is 387 g/mol. The van der Waals surface area contributed by atoms with Crippen molar-refractivity contribution in [2.45, 2.75) is 45.6 Å². The van der Waals surface area contributed by atoms with Gasteiger partial charge >= 0.3 is 6.09 Å². The molecule has 0 aliphatic carbocycles. The molecule has 0 bridgehead atoms. The van der Waals surface area contributed by atoms with Crippen LogP contribution in [0.25, 0.3) is 5.95 Å². The van der Waals surface area contributed by atoms with Crippen molar-refractivity contribution >= 4 is 11.9 Å². The summed E-state index contributed by atoms with van der Waals surface area (Å²) in [5, 5.41) is 4.01. The number of nitrogens with one attached hydrogen (secondary N) is 1.